The molecular formula is C9H18N4O. The van der Waals surface area contributed by atoms with Gasteiger partial charge in [-0.15, -0.1) is 0 Å². The quantitative estimate of drug-likeness (QED) is 0.784. The van der Waals surface area contributed by atoms with E-state index < -0.39 is 5.54 Å². The summed E-state index contributed by atoms with van der Waals surface area (Å²) in [5.41, 5.74) is 5.27. The molecule has 0 atom stereocenters. The fourth-order valence-electron chi connectivity index (χ4n) is 1.11. The molecule has 0 unspecified atom stereocenters. The maximum absolute atomic E-state index is 5.84. The van der Waals surface area contributed by atoms with Gasteiger partial charge in [-0.2, -0.15) is 4.98 Å². The SMILES string of the molecule is CCN(CC)c1noc(C(C)(C)N)n1. The van der Waals surface area contributed by atoms with Gasteiger partial charge in [0.25, 0.3) is 5.95 Å². The van der Waals surface area contributed by atoms with Crippen LogP contribution < -0.4 is 10.6 Å². The van der Waals surface area contributed by atoms with E-state index in [4.69, 9.17) is 10.3 Å². The van der Waals surface area contributed by atoms with Gasteiger partial charge in [-0.25, -0.2) is 0 Å². The zero-order valence-electron chi connectivity index (χ0n) is 9.24. The van der Waals surface area contributed by atoms with Crippen LogP contribution in [0.15, 0.2) is 4.52 Å². The molecule has 0 amide bonds. The molecule has 0 spiro atoms. The van der Waals surface area contributed by atoms with E-state index in [-0.39, 0.29) is 0 Å². The van der Waals surface area contributed by atoms with E-state index >= 15 is 0 Å². The van der Waals surface area contributed by atoms with Gasteiger partial charge in [-0.1, -0.05) is 0 Å². The van der Waals surface area contributed by atoms with Crippen molar-refractivity contribution in [2.24, 2.45) is 5.73 Å². The van der Waals surface area contributed by atoms with Crippen molar-refractivity contribution >= 4 is 5.95 Å². The van der Waals surface area contributed by atoms with Gasteiger partial charge in [0.1, 0.15) is 0 Å². The van der Waals surface area contributed by atoms with Crippen LogP contribution in [0.2, 0.25) is 0 Å². The summed E-state index contributed by atoms with van der Waals surface area (Å²) in [6.45, 7) is 9.50. The highest BCUT2D eigenvalue weighted by molar-refractivity contribution is 5.27. The second-order valence-corrected chi connectivity index (χ2v) is 3.79. The number of nitrogens with zero attached hydrogens (tertiary/aromatic N) is 3. The first kappa shape index (κ1) is 11.0. The van der Waals surface area contributed by atoms with Crippen molar-refractivity contribution < 1.29 is 4.52 Å². The molecule has 0 saturated heterocycles. The van der Waals surface area contributed by atoms with Crippen LogP contribution in [0, 0.1) is 0 Å². The Morgan fingerprint density at radius 1 is 1.36 bits per heavy atom. The third kappa shape index (κ3) is 2.23. The molecule has 14 heavy (non-hydrogen) atoms. The summed E-state index contributed by atoms with van der Waals surface area (Å²) >= 11 is 0. The Morgan fingerprint density at radius 3 is 2.29 bits per heavy atom. The average molecular weight is 198 g/mol. The van der Waals surface area contributed by atoms with Crippen LogP contribution in [-0.2, 0) is 5.54 Å². The standard InChI is InChI=1S/C9H18N4O/c1-5-13(6-2)8-11-7(14-12-8)9(3,4)10/h5-6,10H2,1-4H3. The van der Waals surface area contributed by atoms with Crippen LogP contribution in [0.4, 0.5) is 5.95 Å². The lowest BCUT2D eigenvalue weighted by atomic mass is 10.1. The Kier molecular flexibility index (Phi) is 3.10. The first-order chi connectivity index (χ1) is 6.49. The van der Waals surface area contributed by atoms with Crippen LogP contribution in [-0.4, -0.2) is 23.2 Å². The zero-order chi connectivity index (χ0) is 10.8. The van der Waals surface area contributed by atoms with Gasteiger partial charge >= 0.3 is 0 Å². The third-order valence-corrected chi connectivity index (χ3v) is 2.01. The maximum Gasteiger partial charge on any atom is 0.266 e. The Balaban J connectivity index is 2.87. The molecule has 80 valence electrons. The molecular weight excluding hydrogens is 180 g/mol. The van der Waals surface area contributed by atoms with Gasteiger partial charge < -0.3 is 15.2 Å². The summed E-state index contributed by atoms with van der Waals surface area (Å²) in [6, 6.07) is 0. The van der Waals surface area contributed by atoms with Gasteiger partial charge in [-0.05, 0) is 32.9 Å². The molecule has 0 aliphatic heterocycles. The largest absolute Gasteiger partial charge is 0.339 e. The Hall–Kier alpha value is -1.10. The van der Waals surface area contributed by atoms with Crippen LogP contribution in [0.3, 0.4) is 0 Å². The van der Waals surface area contributed by atoms with Gasteiger partial charge in [0.05, 0.1) is 5.54 Å². The molecule has 0 aliphatic carbocycles. The molecule has 1 aromatic heterocycles. The number of nitrogens with two attached hydrogens (primary N) is 1. The molecule has 0 fully saturated rings. The Morgan fingerprint density at radius 2 is 1.93 bits per heavy atom. The highest BCUT2D eigenvalue weighted by Gasteiger charge is 2.23. The summed E-state index contributed by atoms with van der Waals surface area (Å²) in [5.74, 6) is 1.09. The van der Waals surface area contributed by atoms with E-state index in [2.05, 4.69) is 10.1 Å². The number of hydrogen-bond donors (Lipinski definition) is 1. The van der Waals surface area contributed by atoms with Crippen LogP contribution in [0.5, 0.6) is 0 Å². The van der Waals surface area contributed by atoms with Crippen molar-refractivity contribution in [3.05, 3.63) is 5.89 Å². The van der Waals surface area contributed by atoms with Crippen LogP contribution in [0.25, 0.3) is 0 Å². The minimum absolute atomic E-state index is 0.472. The molecule has 0 bridgehead atoms. The lowest BCUT2D eigenvalue weighted by molar-refractivity contribution is 0.312. The predicted octanol–water partition coefficient (Wildman–Crippen LogP) is 1.11. The van der Waals surface area contributed by atoms with Crippen molar-refractivity contribution in [2.75, 3.05) is 18.0 Å². The second kappa shape index (κ2) is 3.96. The molecule has 2 N–H and O–H groups in total. The number of anilines is 1. The smallest absolute Gasteiger partial charge is 0.266 e. The van der Waals surface area contributed by atoms with E-state index in [0.29, 0.717) is 11.8 Å². The van der Waals surface area contributed by atoms with Crippen molar-refractivity contribution in [1.82, 2.24) is 10.1 Å². The molecule has 0 radical (unpaired) electrons. The average Bonchev–Trinajstić information content (AvgIpc) is 2.54. The number of hydrogen-bond acceptors (Lipinski definition) is 5. The van der Waals surface area contributed by atoms with Gasteiger partial charge in [-0.3, -0.25) is 0 Å². The van der Waals surface area contributed by atoms with E-state index in [9.17, 15) is 0 Å². The zero-order valence-corrected chi connectivity index (χ0v) is 9.24. The van der Waals surface area contributed by atoms with Crippen LogP contribution >= 0.6 is 0 Å². The second-order valence-electron chi connectivity index (χ2n) is 3.79. The van der Waals surface area contributed by atoms with Crippen molar-refractivity contribution in [3.63, 3.8) is 0 Å². The van der Waals surface area contributed by atoms with Gasteiger partial charge in [0, 0.05) is 13.1 Å². The highest BCUT2D eigenvalue weighted by atomic mass is 16.5. The molecule has 0 aromatic carbocycles. The molecule has 1 aromatic rings. The Bertz CT molecular complexity index is 285. The topological polar surface area (TPSA) is 68.2 Å². The molecule has 5 heteroatoms. The Labute approximate surface area is 84.3 Å². The van der Waals surface area contributed by atoms with Gasteiger partial charge in [0.15, 0.2) is 0 Å². The molecule has 1 rings (SSSR count). The first-order valence-corrected chi connectivity index (χ1v) is 4.87. The molecule has 0 saturated carbocycles. The minimum Gasteiger partial charge on any atom is -0.339 e. The monoisotopic (exact) mass is 198 g/mol. The number of rotatable bonds is 4. The normalized spacial score (nSPS) is 11.8. The van der Waals surface area contributed by atoms with Crippen molar-refractivity contribution in [3.8, 4) is 0 Å². The van der Waals surface area contributed by atoms with E-state index in [0.717, 1.165) is 13.1 Å². The molecule has 0 aliphatic rings. The summed E-state index contributed by atoms with van der Waals surface area (Å²) in [6.07, 6.45) is 0. The van der Waals surface area contributed by atoms with Gasteiger partial charge in [0.2, 0.25) is 5.89 Å². The van der Waals surface area contributed by atoms with Crippen LogP contribution in [0.1, 0.15) is 33.6 Å². The van der Waals surface area contributed by atoms with E-state index in [1.54, 1.807) is 0 Å². The molecule has 5 nitrogen and oxygen atoms in total. The van der Waals surface area contributed by atoms with E-state index in [1.165, 1.54) is 0 Å². The molecule has 1 heterocycles. The number of aromatic nitrogens is 2. The highest BCUT2D eigenvalue weighted by Crippen LogP contribution is 2.17. The van der Waals surface area contributed by atoms with E-state index in [1.807, 2.05) is 32.6 Å². The fourth-order valence-corrected chi connectivity index (χ4v) is 1.11. The fraction of sp³-hybridized carbons (Fsp3) is 0.778. The maximum atomic E-state index is 5.84. The van der Waals surface area contributed by atoms with Crippen molar-refractivity contribution in [2.45, 2.75) is 33.2 Å². The summed E-state index contributed by atoms with van der Waals surface area (Å²) in [7, 11) is 0. The van der Waals surface area contributed by atoms with Crippen molar-refractivity contribution in [1.29, 1.82) is 0 Å². The summed E-state index contributed by atoms with van der Waals surface area (Å²) in [4.78, 5) is 6.26. The third-order valence-electron chi connectivity index (χ3n) is 2.01. The summed E-state index contributed by atoms with van der Waals surface area (Å²) < 4.78 is 5.09. The lowest BCUT2D eigenvalue weighted by Crippen LogP contribution is -2.29. The first-order valence-electron chi connectivity index (χ1n) is 4.87. The lowest BCUT2D eigenvalue weighted by Gasteiger charge is -2.15. The minimum atomic E-state index is -0.571. The summed E-state index contributed by atoms with van der Waals surface area (Å²) in [5, 5.41) is 3.88. The predicted molar refractivity (Wildman–Crippen MR) is 55.1 cm³/mol.